The SMILES string of the molecule is Cc1ccc(C)c([C@@H]2CN(C[C@H](O)Cn3cccn3)[C@H](C)CO2)c1. The lowest BCUT2D eigenvalue weighted by molar-refractivity contribution is -0.0728. The van der Waals surface area contributed by atoms with Crippen molar-refractivity contribution in [1.29, 1.82) is 0 Å². The highest BCUT2D eigenvalue weighted by molar-refractivity contribution is 5.32. The Bertz CT molecular complexity index is 657. The molecule has 1 N–H and O–H groups in total. The highest BCUT2D eigenvalue weighted by Crippen LogP contribution is 2.28. The van der Waals surface area contributed by atoms with E-state index >= 15 is 0 Å². The fraction of sp³-hybridized carbons (Fsp3) is 0.526. The summed E-state index contributed by atoms with van der Waals surface area (Å²) in [5.74, 6) is 0. The number of hydrogen-bond acceptors (Lipinski definition) is 4. The zero-order valence-corrected chi connectivity index (χ0v) is 14.7. The Hall–Kier alpha value is -1.69. The Labute approximate surface area is 143 Å². The van der Waals surface area contributed by atoms with Crippen LogP contribution in [0.1, 0.15) is 29.7 Å². The molecule has 0 aliphatic carbocycles. The van der Waals surface area contributed by atoms with Crippen LogP contribution in [0.25, 0.3) is 0 Å². The Morgan fingerprint density at radius 3 is 2.92 bits per heavy atom. The van der Waals surface area contributed by atoms with Crippen molar-refractivity contribution in [3.8, 4) is 0 Å². The normalized spacial score (nSPS) is 23.3. The molecule has 3 rings (SSSR count). The predicted molar refractivity (Wildman–Crippen MR) is 93.9 cm³/mol. The lowest BCUT2D eigenvalue weighted by Gasteiger charge is -2.39. The molecule has 1 aliphatic rings. The van der Waals surface area contributed by atoms with Crippen LogP contribution in [0, 0.1) is 13.8 Å². The monoisotopic (exact) mass is 329 g/mol. The molecule has 0 unspecified atom stereocenters. The number of nitrogens with zero attached hydrogens (tertiary/aromatic N) is 3. The predicted octanol–water partition coefficient (Wildman–Crippen LogP) is 2.32. The van der Waals surface area contributed by atoms with E-state index < -0.39 is 6.10 Å². The van der Waals surface area contributed by atoms with Gasteiger partial charge in [-0.15, -0.1) is 0 Å². The maximum atomic E-state index is 10.4. The Morgan fingerprint density at radius 2 is 2.17 bits per heavy atom. The smallest absolute Gasteiger partial charge is 0.0955 e. The van der Waals surface area contributed by atoms with Crippen LogP contribution in [0.5, 0.6) is 0 Å². The van der Waals surface area contributed by atoms with Gasteiger partial charge in [0.1, 0.15) is 0 Å². The number of ether oxygens (including phenoxy) is 1. The molecule has 2 aromatic rings. The van der Waals surface area contributed by atoms with Crippen LogP contribution in [0.3, 0.4) is 0 Å². The largest absolute Gasteiger partial charge is 0.390 e. The molecule has 24 heavy (non-hydrogen) atoms. The minimum Gasteiger partial charge on any atom is -0.390 e. The zero-order valence-electron chi connectivity index (χ0n) is 14.7. The lowest BCUT2D eigenvalue weighted by atomic mass is 9.98. The average molecular weight is 329 g/mol. The van der Waals surface area contributed by atoms with Gasteiger partial charge in [0.15, 0.2) is 0 Å². The van der Waals surface area contributed by atoms with Gasteiger partial charge in [-0.05, 0) is 38.0 Å². The molecule has 1 aromatic heterocycles. The summed E-state index contributed by atoms with van der Waals surface area (Å²) >= 11 is 0. The number of rotatable bonds is 5. The molecule has 0 amide bonds. The molecule has 1 aliphatic heterocycles. The van der Waals surface area contributed by atoms with E-state index in [9.17, 15) is 5.11 Å². The molecule has 0 bridgehead atoms. The van der Waals surface area contributed by atoms with Crippen LogP contribution in [0.2, 0.25) is 0 Å². The first-order chi connectivity index (χ1) is 11.5. The summed E-state index contributed by atoms with van der Waals surface area (Å²) < 4.78 is 7.86. The van der Waals surface area contributed by atoms with E-state index in [0.29, 0.717) is 25.7 Å². The molecular weight excluding hydrogens is 302 g/mol. The van der Waals surface area contributed by atoms with Gasteiger partial charge in [-0.3, -0.25) is 9.58 Å². The second-order valence-electron chi connectivity index (χ2n) is 6.87. The molecule has 1 fully saturated rings. The van der Waals surface area contributed by atoms with Gasteiger partial charge in [-0.1, -0.05) is 23.8 Å². The molecule has 0 saturated carbocycles. The number of morpholine rings is 1. The second kappa shape index (κ2) is 7.47. The highest BCUT2D eigenvalue weighted by atomic mass is 16.5. The Morgan fingerprint density at radius 1 is 1.33 bits per heavy atom. The number of β-amino-alcohol motifs (C(OH)–C–C–N with tert-alkyl or cyclic N) is 1. The molecule has 1 saturated heterocycles. The third kappa shape index (κ3) is 4.04. The van der Waals surface area contributed by atoms with E-state index in [1.54, 1.807) is 10.9 Å². The molecule has 0 spiro atoms. The summed E-state index contributed by atoms with van der Waals surface area (Å²) in [5, 5.41) is 14.6. The van der Waals surface area contributed by atoms with Crippen molar-refractivity contribution in [2.24, 2.45) is 0 Å². The first-order valence-electron chi connectivity index (χ1n) is 8.61. The van der Waals surface area contributed by atoms with Crippen molar-refractivity contribution in [2.75, 3.05) is 19.7 Å². The number of aryl methyl sites for hydroxylation is 2. The standard InChI is InChI=1S/C19H27N3O2/c1-14-5-6-15(2)18(9-14)19-12-21(16(3)13-24-19)10-17(23)11-22-8-4-7-20-22/h4-9,16-17,19,23H,10-13H2,1-3H3/t16-,17+,19+/m1/s1. The third-order valence-corrected chi connectivity index (χ3v) is 4.75. The molecule has 2 heterocycles. The van der Waals surface area contributed by atoms with Crippen LogP contribution in [-0.4, -0.2) is 51.6 Å². The van der Waals surface area contributed by atoms with Crippen LogP contribution in [0.4, 0.5) is 0 Å². The van der Waals surface area contributed by atoms with Crippen molar-refractivity contribution in [3.05, 3.63) is 53.3 Å². The average Bonchev–Trinajstić information content (AvgIpc) is 3.05. The van der Waals surface area contributed by atoms with Crippen molar-refractivity contribution in [2.45, 2.75) is 45.6 Å². The van der Waals surface area contributed by atoms with E-state index in [2.05, 4.69) is 49.0 Å². The molecule has 5 heteroatoms. The minimum absolute atomic E-state index is 0.0676. The van der Waals surface area contributed by atoms with Gasteiger partial charge < -0.3 is 9.84 Å². The molecule has 1 aromatic carbocycles. The maximum Gasteiger partial charge on any atom is 0.0955 e. The summed E-state index contributed by atoms with van der Waals surface area (Å²) in [6.45, 7) is 9.04. The Kier molecular flexibility index (Phi) is 5.33. The van der Waals surface area contributed by atoms with Crippen molar-refractivity contribution in [1.82, 2.24) is 14.7 Å². The van der Waals surface area contributed by atoms with E-state index in [-0.39, 0.29) is 6.10 Å². The quantitative estimate of drug-likeness (QED) is 0.915. The molecule has 5 nitrogen and oxygen atoms in total. The van der Waals surface area contributed by atoms with Crippen LogP contribution < -0.4 is 0 Å². The topological polar surface area (TPSA) is 50.5 Å². The van der Waals surface area contributed by atoms with Gasteiger partial charge in [0.2, 0.25) is 0 Å². The van der Waals surface area contributed by atoms with Gasteiger partial charge in [0, 0.05) is 31.5 Å². The third-order valence-electron chi connectivity index (χ3n) is 4.75. The zero-order chi connectivity index (χ0) is 17.1. The number of benzene rings is 1. The lowest BCUT2D eigenvalue weighted by Crippen LogP contribution is -2.48. The fourth-order valence-electron chi connectivity index (χ4n) is 3.31. The van der Waals surface area contributed by atoms with E-state index in [4.69, 9.17) is 4.74 Å². The van der Waals surface area contributed by atoms with Crippen LogP contribution in [-0.2, 0) is 11.3 Å². The van der Waals surface area contributed by atoms with E-state index in [1.165, 1.54) is 16.7 Å². The summed E-state index contributed by atoms with van der Waals surface area (Å²) in [5.41, 5.74) is 3.77. The first-order valence-corrected chi connectivity index (χ1v) is 8.61. The van der Waals surface area contributed by atoms with E-state index in [0.717, 1.165) is 6.54 Å². The highest BCUT2D eigenvalue weighted by Gasteiger charge is 2.29. The van der Waals surface area contributed by atoms with Gasteiger partial charge in [0.05, 0.1) is 25.4 Å². The van der Waals surface area contributed by atoms with Gasteiger partial charge in [-0.25, -0.2) is 0 Å². The van der Waals surface area contributed by atoms with Crippen molar-refractivity contribution < 1.29 is 9.84 Å². The van der Waals surface area contributed by atoms with E-state index in [1.807, 2.05) is 12.3 Å². The van der Waals surface area contributed by atoms with Gasteiger partial charge in [-0.2, -0.15) is 5.10 Å². The summed E-state index contributed by atoms with van der Waals surface area (Å²) in [7, 11) is 0. The summed E-state index contributed by atoms with van der Waals surface area (Å²) in [6.07, 6.45) is 3.24. The van der Waals surface area contributed by atoms with Crippen molar-refractivity contribution >= 4 is 0 Å². The number of aliphatic hydroxyl groups is 1. The van der Waals surface area contributed by atoms with Gasteiger partial charge in [0.25, 0.3) is 0 Å². The van der Waals surface area contributed by atoms with Crippen LogP contribution in [0.15, 0.2) is 36.7 Å². The molecule has 0 radical (unpaired) electrons. The molecule has 3 atom stereocenters. The summed E-state index contributed by atoms with van der Waals surface area (Å²) in [4.78, 5) is 2.32. The number of aliphatic hydroxyl groups excluding tert-OH is 1. The maximum absolute atomic E-state index is 10.4. The number of aromatic nitrogens is 2. The minimum atomic E-state index is -0.440. The van der Waals surface area contributed by atoms with Crippen LogP contribution >= 0.6 is 0 Å². The Balaban J connectivity index is 1.65. The van der Waals surface area contributed by atoms with Crippen molar-refractivity contribution in [3.63, 3.8) is 0 Å². The number of hydrogen-bond donors (Lipinski definition) is 1. The van der Waals surface area contributed by atoms with Gasteiger partial charge >= 0.3 is 0 Å². The first kappa shape index (κ1) is 17.1. The summed E-state index contributed by atoms with van der Waals surface area (Å²) in [6, 6.07) is 8.69. The second-order valence-corrected chi connectivity index (χ2v) is 6.87. The fourth-order valence-corrected chi connectivity index (χ4v) is 3.31. The molecular formula is C19H27N3O2. The molecule has 130 valence electrons.